The number of hydrogen-bond acceptors (Lipinski definition) is 2. The minimum Gasteiger partial charge on any atom is -0.308 e. The summed E-state index contributed by atoms with van der Waals surface area (Å²) in [5.41, 5.74) is 4.76. The van der Waals surface area contributed by atoms with E-state index in [0.29, 0.717) is 17.3 Å². The van der Waals surface area contributed by atoms with E-state index in [4.69, 9.17) is 11.6 Å². The van der Waals surface area contributed by atoms with Crippen LogP contribution in [0.1, 0.15) is 16.8 Å². The second-order valence-corrected chi connectivity index (χ2v) is 6.23. The SMILES string of the molecule is Cc1cccc(CC(=O)Nc2n[nH]c(C)c2-c2cccc(Cl)c2)c1. The van der Waals surface area contributed by atoms with Crippen molar-refractivity contribution in [1.82, 2.24) is 10.2 Å². The van der Waals surface area contributed by atoms with E-state index in [9.17, 15) is 4.79 Å². The predicted octanol–water partition coefficient (Wildman–Crippen LogP) is 4.53. The van der Waals surface area contributed by atoms with Crippen molar-refractivity contribution in [1.29, 1.82) is 0 Å². The summed E-state index contributed by atoms with van der Waals surface area (Å²) in [6.45, 7) is 3.93. The number of hydrogen-bond donors (Lipinski definition) is 2. The highest BCUT2D eigenvalue weighted by Gasteiger charge is 2.15. The van der Waals surface area contributed by atoms with Gasteiger partial charge in [-0.3, -0.25) is 9.89 Å². The van der Waals surface area contributed by atoms with E-state index in [2.05, 4.69) is 15.5 Å². The van der Waals surface area contributed by atoms with Gasteiger partial charge in [0.05, 0.1) is 6.42 Å². The van der Waals surface area contributed by atoms with Gasteiger partial charge >= 0.3 is 0 Å². The third kappa shape index (κ3) is 3.66. The van der Waals surface area contributed by atoms with E-state index in [1.54, 1.807) is 0 Å². The molecule has 0 bridgehead atoms. The van der Waals surface area contributed by atoms with Crippen LogP contribution in [-0.4, -0.2) is 16.1 Å². The number of aromatic nitrogens is 2. The molecule has 0 aliphatic rings. The number of carbonyl (C=O) groups is 1. The number of amides is 1. The number of carbonyl (C=O) groups excluding carboxylic acids is 1. The van der Waals surface area contributed by atoms with Crippen molar-refractivity contribution >= 4 is 23.3 Å². The highest BCUT2D eigenvalue weighted by Crippen LogP contribution is 2.31. The topological polar surface area (TPSA) is 57.8 Å². The normalized spacial score (nSPS) is 10.6. The first-order valence-corrected chi connectivity index (χ1v) is 8.07. The molecule has 24 heavy (non-hydrogen) atoms. The van der Waals surface area contributed by atoms with Crippen molar-refractivity contribution in [3.05, 3.63) is 70.4 Å². The summed E-state index contributed by atoms with van der Waals surface area (Å²) in [5, 5.41) is 10.7. The van der Waals surface area contributed by atoms with Crippen LogP contribution in [0.15, 0.2) is 48.5 Å². The van der Waals surface area contributed by atoms with Crippen molar-refractivity contribution in [3.8, 4) is 11.1 Å². The number of H-pyrrole nitrogens is 1. The first kappa shape index (κ1) is 16.3. The lowest BCUT2D eigenvalue weighted by Gasteiger charge is -2.07. The molecule has 0 aliphatic carbocycles. The maximum Gasteiger partial charge on any atom is 0.230 e. The maximum absolute atomic E-state index is 12.4. The minimum atomic E-state index is -0.102. The summed E-state index contributed by atoms with van der Waals surface area (Å²) >= 11 is 6.08. The summed E-state index contributed by atoms with van der Waals surface area (Å²) in [5.74, 6) is 0.419. The number of rotatable bonds is 4. The molecule has 0 atom stereocenters. The molecule has 5 heteroatoms. The Kier molecular flexibility index (Phi) is 4.67. The Labute approximate surface area is 145 Å². The highest BCUT2D eigenvalue weighted by atomic mass is 35.5. The van der Waals surface area contributed by atoms with Crippen LogP contribution in [0.3, 0.4) is 0 Å². The summed E-state index contributed by atoms with van der Waals surface area (Å²) in [7, 11) is 0. The molecule has 122 valence electrons. The molecule has 3 rings (SSSR count). The van der Waals surface area contributed by atoms with Gasteiger partial charge < -0.3 is 5.32 Å². The monoisotopic (exact) mass is 339 g/mol. The van der Waals surface area contributed by atoms with Gasteiger partial charge in [0.2, 0.25) is 5.91 Å². The largest absolute Gasteiger partial charge is 0.308 e. The fourth-order valence-electron chi connectivity index (χ4n) is 2.70. The Hall–Kier alpha value is -2.59. The third-order valence-electron chi connectivity index (χ3n) is 3.77. The van der Waals surface area contributed by atoms with Crippen molar-refractivity contribution in [3.63, 3.8) is 0 Å². The van der Waals surface area contributed by atoms with Crippen LogP contribution < -0.4 is 5.32 Å². The number of halogens is 1. The Balaban J connectivity index is 1.82. The molecule has 2 aromatic carbocycles. The lowest BCUT2D eigenvalue weighted by molar-refractivity contribution is -0.115. The Bertz CT molecular complexity index is 886. The zero-order valence-electron chi connectivity index (χ0n) is 13.6. The molecule has 0 unspecified atom stereocenters. The van der Waals surface area contributed by atoms with Gasteiger partial charge in [-0.15, -0.1) is 0 Å². The zero-order valence-corrected chi connectivity index (χ0v) is 14.3. The summed E-state index contributed by atoms with van der Waals surface area (Å²) in [6, 6.07) is 15.4. The number of aromatic amines is 1. The molecule has 2 N–H and O–H groups in total. The molecule has 3 aromatic rings. The van der Waals surface area contributed by atoms with Crippen molar-refractivity contribution < 1.29 is 4.79 Å². The molecular weight excluding hydrogens is 322 g/mol. The summed E-state index contributed by atoms with van der Waals surface area (Å²) in [4.78, 5) is 12.4. The zero-order chi connectivity index (χ0) is 17.1. The molecule has 0 saturated heterocycles. The van der Waals surface area contributed by atoms with Crippen molar-refractivity contribution in [2.75, 3.05) is 5.32 Å². The minimum absolute atomic E-state index is 0.102. The van der Waals surface area contributed by atoms with Crippen LogP contribution in [0.25, 0.3) is 11.1 Å². The molecule has 0 aliphatic heterocycles. The average molecular weight is 340 g/mol. The van der Waals surface area contributed by atoms with E-state index in [1.807, 2.05) is 62.4 Å². The lowest BCUT2D eigenvalue weighted by atomic mass is 10.1. The molecule has 1 aromatic heterocycles. The van der Waals surface area contributed by atoms with E-state index < -0.39 is 0 Å². The standard InChI is InChI=1S/C19H18ClN3O/c1-12-5-3-6-14(9-12)10-17(24)21-19-18(13(2)22-23-19)15-7-4-8-16(20)11-15/h3-9,11H,10H2,1-2H3,(H2,21,22,23,24). The number of benzene rings is 2. The van der Waals surface area contributed by atoms with Crippen LogP contribution in [0.4, 0.5) is 5.82 Å². The van der Waals surface area contributed by atoms with E-state index in [-0.39, 0.29) is 5.91 Å². The maximum atomic E-state index is 12.4. The van der Waals surface area contributed by atoms with Crippen molar-refractivity contribution in [2.24, 2.45) is 0 Å². The molecule has 1 amide bonds. The van der Waals surface area contributed by atoms with E-state index in [1.165, 1.54) is 0 Å². The lowest BCUT2D eigenvalue weighted by Crippen LogP contribution is -2.15. The molecular formula is C19H18ClN3O. The molecule has 0 radical (unpaired) electrons. The molecule has 4 nitrogen and oxygen atoms in total. The van der Waals surface area contributed by atoms with Gasteiger partial charge in [-0.1, -0.05) is 53.6 Å². The summed E-state index contributed by atoms with van der Waals surface area (Å²) in [6.07, 6.45) is 0.308. The van der Waals surface area contributed by atoms with Gasteiger partial charge in [-0.2, -0.15) is 5.10 Å². The Morgan fingerprint density at radius 2 is 1.96 bits per heavy atom. The smallest absolute Gasteiger partial charge is 0.230 e. The number of anilines is 1. The average Bonchev–Trinajstić information content (AvgIpc) is 2.87. The second kappa shape index (κ2) is 6.89. The first-order chi connectivity index (χ1) is 11.5. The van der Waals surface area contributed by atoms with Gasteiger partial charge in [0.15, 0.2) is 5.82 Å². The van der Waals surface area contributed by atoms with E-state index in [0.717, 1.165) is 27.9 Å². The predicted molar refractivity (Wildman–Crippen MR) is 97.3 cm³/mol. The van der Waals surface area contributed by atoms with Crippen LogP contribution in [-0.2, 0) is 11.2 Å². The van der Waals surface area contributed by atoms with Crippen LogP contribution in [0, 0.1) is 13.8 Å². The highest BCUT2D eigenvalue weighted by molar-refractivity contribution is 6.30. The van der Waals surface area contributed by atoms with Gasteiger partial charge in [-0.05, 0) is 37.1 Å². The fourth-order valence-corrected chi connectivity index (χ4v) is 2.89. The van der Waals surface area contributed by atoms with Gasteiger partial charge in [-0.25, -0.2) is 0 Å². The van der Waals surface area contributed by atoms with Gasteiger partial charge in [0.25, 0.3) is 0 Å². The van der Waals surface area contributed by atoms with Crippen LogP contribution >= 0.6 is 11.6 Å². The first-order valence-electron chi connectivity index (χ1n) is 7.69. The third-order valence-corrected chi connectivity index (χ3v) is 4.00. The molecule has 0 spiro atoms. The van der Waals surface area contributed by atoms with E-state index >= 15 is 0 Å². The summed E-state index contributed by atoms with van der Waals surface area (Å²) < 4.78 is 0. The van der Waals surface area contributed by atoms with Crippen LogP contribution in [0.2, 0.25) is 5.02 Å². The molecule has 1 heterocycles. The van der Waals surface area contributed by atoms with Crippen LogP contribution in [0.5, 0.6) is 0 Å². The van der Waals surface area contributed by atoms with Gasteiger partial charge in [0, 0.05) is 16.3 Å². The Morgan fingerprint density at radius 1 is 1.17 bits per heavy atom. The fraction of sp³-hybridized carbons (Fsp3) is 0.158. The Morgan fingerprint density at radius 3 is 2.71 bits per heavy atom. The quantitative estimate of drug-likeness (QED) is 0.733. The second-order valence-electron chi connectivity index (χ2n) is 5.80. The number of nitrogens with one attached hydrogen (secondary N) is 2. The number of aryl methyl sites for hydroxylation is 2. The van der Waals surface area contributed by atoms with Crippen molar-refractivity contribution in [2.45, 2.75) is 20.3 Å². The molecule has 0 fully saturated rings. The molecule has 0 saturated carbocycles. The number of nitrogens with zero attached hydrogens (tertiary/aromatic N) is 1. The van der Waals surface area contributed by atoms with Gasteiger partial charge in [0.1, 0.15) is 0 Å².